The lowest BCUT2D eigenvalue weighted by molar-refractivity contribution is -0.921. The summed E-state index contributed by atoms with van der Waals surface area (Å²) in [6.45, 7) is 28.7. The average molecular weight is 753 g/mol. The van der Waals surface area contributed by atoms with E-state index in [-0.39, 0.29) is 90.6 Å². The smallest absolute Gasteiger partial charge is 0.335 e. The monoisotopic (exact) mass is 752 g/mol. The molecule has 0 saturated heterocycles. The molecule has 51 heavy (non-hydrogen) atoms. The van der Waals surface area contributed by atoms with Crippen molar-refractivity contribution in [2.24, 2.45) is 5.41 Å². The summed E-state index contributed by atoms with van der Waals surface area (Å²) in [7, 11) is 1.42. The molecular weight excluding hydrogens is 654 g/mol. The summed E-state index contributed by atoms with van der Waals surface area (Å²) >= 11 is 0. The van der Waals surface area contributed by atoms with Gasteiger partial charge in [-0.3, -0.25) is 4.79 Å². The number of rotatable bonds is 11. The number of quaternary nitrogens is 1. The van der Waals surface area contributed by atoms with Crippen LogP contribution in [-0.2, 0) is 9.53 Å². The number of carboxylic acid groups (broad SMARTS) is 1. The van der Waals surface area contributed by atoms with Crippen LogP contribution in [-0.4, -0.2) is 54.8 Å². The first-order chi connectivity index (χ1) is 19.3. The Labute approximate surface area is 331 Å². The molecule has 5 nitrogen and oxygen atoms in total. The number of carbonyl (C=O) groups excluding carboxylic acids is 1. The Bertz CT molecular complexity index is 925. The van der Waals surface area contributed by atoms with E-state index in [1.54, 1.807) is 12.1 Å². The van der Waals surface area contributed by atoms with Crippen molar-refractivity contribution in [3.05, 3.63) is 71.3 Å². The fraction of sp³-hybridized carbons (Fsp3) is 0.689. The lowest BCUT2D eigenvalue weighted by Gasteiger charge is -2.34. The normalized spacial score (nSPS) is 9.80. The first kappa shape index (κ1) is 82.2. The molecule has 2 unspecified atom stereocenters. The molecule has 2 atom stereocenters. The van der Waals surface area contributed by atoms with Crippen LogP contribution in [0.1, 0.15) is 196 Å². The summed E-state index contributed by atoms with van der Waals surface area (Å²) < 4.78 is 5.84. The van der Waals surface area contributed by atoms with Gasteiger partial charge in [-0.25, -0.2) is 4.79 Å². The van der Waals surface area contributed by atoms with Gasteiger partial charge in [0.2, 0.25) is 0 Å². The predicted octanol–water partition coefficient (Wildman–Crippen LogP) is 12.3. The van der Waals surface area contributed by atoms with Gasteiger partial charge < -0.3 is 26.7 Å². The lowest BCUT2D eigenvalue weighted by atomic mass is 9.91. The van der Waals surface area contributed by atoms with Gasteiger partial charge in [-0.1, -0.05) is 144 Å². The summed E-state index contributed by atoms with van der Waals surface area (Å²) in [5, 5.41) is 8.67. The van der Waals surface area contributed by atoms with Gasteiger partial charge in [0.25, 0.3) is 0 Å². The van der Waals surface area contributed by atoms with E-state index in [1.165, 1.54) is 55.3 Å². The molecule has 0 aromatic heterocycles. The molecule has 0 aliphatic carbocycles. The molecule has 2 aromatic rings. The first-order valence-electron chi connectivity index (χ1n) is 15.6. The van der Waals surface area contributed by atoms with Gasteiger partial charge in [0.1, 0.15) is 0 Å². The highest BCUT2D eigenvalue weighted by molar-refractivity contribution is 5.87. The SMILES string of the molecule is C.C.C.C.C.C.C.C.C.CCC(C)(C)C(=O)OC.CCC(C)c1ccc(C(=O)O)cc1.CCC(C)c1ccccc1.CC[N+](CC)(CC)CC.[Cl-]. The van der Waals surface area contributed by atoms with Crippen molar-refractivity contribution in [2.75, 3.05) is 33.3 Å². The molecule has 0 saturated carbocycles. The number of ether oxygens (including phenoxy) is 1. The highest BCUT2D eigenvalue weighted by Gasteiger charge is 2.25. The quantitative estimate of drug-likeness (QED) is 0.183. The minimum atomic E-state index is -0.865. The topological polar surface area (TPSA) is 63.6 Å². The van der Waals surface area contributed by atoms with Gasteiger partial charge in [-0.2, -0.15) is 0 Å². The summed E-state index contributed by atoms with van der Waals surface area (Å²) in [4.78, 5) is 21.4. The van der Waals surface area contributed by atoms with Crippen molar-refractivity contribution in [3.63, 3.8) is 0 Å². The molecule has 314 valence electrons. The molecular formula is C45H98ClNO4. The van der Waals surface area contributed by atoms with Crippen LogP contribution < -0.4 is 12.4 Å². The lowest BCUT2D eigenvalue weighted by Crippen LogP contribution is -3.00. The summed E-state index contributed by atoms with van der Waals surface area (Å²) in [5.41, 5.74) is 2.69. The maximum absolute atomic E-state index is 10.8. The maximum Gasteiger partial charge on any atom is 0.335 e. The number of methoxy groups -OCH3 is 1. The van der Waals surface area contributed by atoms with Crippen LogP contribution in [0.4, 0.5) is 0 Å². The standard InChI is InChI=1S/C11H14O2.C10H14.C8H20N.C7H14O2.9CH4.ClH/c1-3-8(2)9-4-6-10(7-5-9)11(12)13;1-3-9(2)10-7-5-4-6-8-10;1-5-9(6-2,7-3)8-4;1-5-7(2,3)6(8)9-4;;;;;;;;;;/h4-8H,3H2,1-2H3,(H,12,13);4-9H,3H2,1-2H3;5-8H2,1-4H3;5H2,1-4H3;9*1H4;1H/q;;+1;;;;;;;;;;;/p-1. The molecule has 6 heteroatoms. The van der Waals surface area contributed by atoms with E-state index >= 15 is 0 Å². The summed E-state index contributed by atoms with van der Waals surface area (Å²) in [5.74, 6) is 0.213. The number of aromatic carboxylic acids is 1. The minimum absolute atomic E-state index is 0. The largest absolute Gasteiger partial charge is 1.00 e. The molecule has 0 fully saturated rings. The number of nitrogens with zero attached hydrogens (tertiary/aromatic N) is 1. The van der Waals surface area contributed by atoms with E-state index in [0.717, 1.165) is 12.8 Å². The maximum atomic E-state index is 10.8. The zero-order chi connectivity index (χ0) is 32.1. The van der Waals surface area contributed by atoms with E-state index in [4.69, 9.17) is 5.11 Å². The van der Waals surface area contributed by atoms with Crippen LogP contribution in [0, 0.1) is 5.41 Å². The zero-order valence-corrected chi connectivity index (χ0v) is 29.6. The van der Waals surface area contributed by atoms with Gasteiger partial charge in [-0.15, -0.1) is 0 Å². The van der Waals surface area contributed by atoms with Crippen LogP contribution in [0.2, 0.25) is 0 Å². The Morgan fingerprint density at radius 3 is 1.14 bits per heavy atom. The van der Waals surface area contributed by atoms with Crippen LogP contribution in [0.3, 0.4) is 0 Å². The second kappa shape index (κ2) is 45.7. The second-order valence-electron chi connectivity index (χ2n) is 11.3. The van der Waals surface area contributed by atoms with Gasteiger partial charge in [0.15, 0.2) is 0 Å². The van der Waals surface area contributed by atoms with E-state index in [2.05, 4.69) is 90.5 Å². The van der Waals surface area contributed by atoms with Crippen molar-refractivity contribution in [1.29, 1.82) is 0 Å². The first-order valence-corrected chi connectivity index (χ1v) is 15.6. The molecule has 0 spiro atoms. The Kier molecular flexibility index (Phi) is 73.6. The van der Waals surface area contributed by atoms with E-state index in [1.807, 2.05) is 32.9 Å². The highest BCUT2D eigenvalue weighted by atomic mass is 35.5. The Morgan fingerprint density at radius 2 is 0.941 bits per heavy atom. The number of hydrogen-bond acceptors (Lipinski definition) is 3. The Balaban J connectivity index is -0.0000000377. The molecule has 2 aromatic carbocycles. The molecule has 2 rings (SSSR count). The fourth-order valence-corrected chi connectivity index (χ4v) is 3.97. The number of esters is 1. The number of benzene rings is 2. The zero-order valence-electron chi connectivity index (χ0n) is 28.8. The van der Waals surface area contributed by atoms with E-state index in [0.29, 0.717) is 17.4 Å². The van der Waals surface area contributed by atoms with Crippen molar-refractivity contribution < 1.29 is 36.3 Å². The van der Waals surface area contributed by atoms with Crippen molar-refractivity contribution in [2.45, 2.75) is 174 Å². The molecule has 0 aliphatic rings. The summed E-state index contributed by atoms with van der Waals surface area (Å²) in [6, 6.07) is 17.7. The van der Waals surface area contributed by atoms with Crippen LogP contribution >= 0.6 is 0 Å². The van der Waals surface area contributed by atoms with Crippen LogP contribution in [0.25, 0.3) is 0 Å². The Morgan fingerprint density at radius 1 is 0.627 bits per heavy atom. The number of halogens is 1. The van der Waals surface area contributed by atoms with E-state index < -0.39 is 5.97 Å². The van der Waals surface area contributed by atoms with Gasteiger partial charge in [-0.05, 0) is 95.9 Å². The van der Waals surface area contributed by atoms with Gasteiger partial charge in [0.05, 0.1) is 44.3 Å². The third kappa shape index (κ3) is 33.2. The fourth-order valence-electron chi connectivity index (χ4n) is 3.97. The van der Waals surface area contributed by atoms with E-state index in [9.17, 15) is 9.59 Å². The molecule has 1 N–H and O–H groups in total. The molecule has 0 heterocycles. The number of carbonyl (C=O) groups is 2. The number of carboxylic acids is 1. The predicted molar refractivity (Wildman–Crippen MR) is 236 cm³/mol. The molecule has 0 bridgehead atoms. The van der Waals surface area contributed by atoms with Crippen LogP contribution in [0.15, 0.2) is 54.6 Å². The second-order valence-corrected chi connectivity index (χ2v) is 11.3. The van der Waals surface area contributed by atoms with Gasteiger partial charge in [0, 0.05) is 0 Å². The Hall–Kier alpha value is -2.37. The highest BCUT2D eigenvalue weighted by Crippen LogP contribution is 2.21. The van der Waals surface area contributed by atoms with Gasteiger partial charge >= 0.3 is 11.9 Å². The third-order valence-corrected chi connectivity index (χ3v) is 8.63. The molecule has 0 aliphatic heterocycles. The van der Waals surface area contributed by atoms with Crippen molar-refractivity contribution >= 4 is 11.9 Å². The molecule has 0 amide bonds. The average Bonchev–Trinajstić information content (AvgIpc) is 3.02. The molecule has 0 radical (unpaired) electrons. The number of hydrogen-bond donors (Lipinski definition) is 1. The van der Waals surface area contributed by atoms with Crippen molar-refractivity contribution in [1.82, 2.24) is 0 Å². The minimum Gasteiger partial charge on any atom is -1.00 e. The van der Waals surface area contributed by atoms with Crippen molar-refractivity contribution in [3.8, 4) is 0 Å². The summed E-state index contributed by atoms with van der Waals surface area (Å²) in [6.07, 6.45) is 3.12. The third-order valence-electron chi connectivity index (χ3n) is 8.63. The van der Waals surface area contributed by atoms with Crippen LogP contribution in [0.5, 0.6) is 0 Å².